The van der Waals surface area contributed by atoms with Gasteiger partial charge in [-0.05, 0) is 25.0 Å². The molecule has 0 saturated heterocycles. The molecule has 1 fully saturated rings. The second-order valence-corrected chi connectivity index (χ2v) is 4.63. The molecular weight excluding hydrogens is 262 g/mol. The van der Waals surface area contributed by atoms with Crippen LogP contribution in [0.3, 0.4) is 0 Å². The number of rotatable bonds is 7. The third kappa shape index (κ3) is 3.59. The standard InChI is InChI=1S/C13H17N3O4/c1-20-11-4-2-3-10(13(11)16(18)19)14-8-7-12(17)15-9-5-6-9/h2-4,9,14H,5-8H2,1H3,(H,15,17). The van der Waals surface area contributed by atoms with Crippen LogP contribution >= 0.6 is 0 Å². The van der Waals surface area contributed by atoms with Crippen LogP contribution < -0.4 is 15.4 Å². The van der Waals surface area contributed by atoms with Crippen molar-refractivity contribution in [1.82, 2.24) is 5.32 Å². The van der Waals surface area contributed by atoms with Crippen LogP contribution in [0.4, 0.5) is 11.4 Å². The van der Waals surface area contributed by atoms with E-state index in [2.05, 4.69) is 10.6 Å². The molecule has 2 N–H and O–H groups in total. The summed E-state index contributed by atoms with van der Waals surface area (Å²) in [5.41, 5.74) is 0.242. The molecular formula is C13H17N3O4. The molecule has 1 amide bonds. The molecule has 108 valence electrons. The van der Waals surface area contributed by atoms with Gasteiger partial charge in [0.15, 0.2) is 5.75 Å². The van der Waals surface area contributed by atoms with Crippen molar-refractivity contribution in [2.45, 2.75) is 25.3 Å². The average molecular weight is 279 g/mol. The highest BCUT2D eigenvalue weighted by Crippen LogP contribution is 2.34. The monoisotopic (exact) mass is 279 g/mol. The summed E-state index contributed by atoms with van der Waals surface area (Å²) < 4.78 is 4.97. The number of para-hydroxylation sites is 1. The second kappa shape index (κ2) is 6.23. The molecule has 1 aromatic rings. The lowest BCUT2D eigenvalue weighted by Crippen LogP contribution is -2.27. The first-order valence-corrected chi connectivity index (χ1v) is 6.46. The Balaban J connectivity index is 1.94. The van der Waals surface area contributed by atoms with E-state index < -0.39 is 4.92 Å². The number of benzene rings is 1. The minimum Gasteiger partial charge on any atom is -0.490 e. The first kappa shape index (κ1) is 14.1. The maximum absolute atomic E-state index is 11.5. The minimum absolute atomic E-state index is 0.0365. The molecule has 0 heterocycles. The van der Waals surface area contributed by atoms with Crippen LogP contribution in [0, 0.1) is 10.1 Å². The van der Waals surface area contributed by atoms with Gasteiger partial charge in [-0.1, -0.05) is 6.07 Å². The predicted molar refractivity (Wildman–Crippen MR) is 73.9 cm³/mol. The van der Waals surface area contributed by atoms with Gasteiger partial charge in [0.05, 0.1) is 12.0 Å². The van der Waals surface area contributed by atoms with E-state index in [1.165, 1.54) is 13.2 Å². The maximum atomic E-state index is 11.5. The van der Waals surface area contributed by atoms with E-state index in [1.54, 1.807) is 12.1 Å². The number of anilines is 1. The normalized spacial score (nSPS) is 13.7. The molecule has 1 aliphatic carbocycles. The van der Waals surface area contributed by atoms with Crippen molar-refractivity contribution in [2.24, 2.45) is 0 Å². The van der Waals surface area contributed by atoms with Gasteiger partial charge in [-0.2, -0.15) is 0 Å². The quantitative estimate of drug-likeness (QED) is 0.585. The van der Waals surface area contributed by atoms with E-state index in [1.807, 2.05) is 0 Å². The molecule has 1 aromatic carbocycles. The summed E-state index contributed by atoms with van der Waals surface area (Å²) in [5, 5.41) is 16.8. The Labute approximate surface area is 116 Å². The molecule has 1 saturated carbocycles. The summed E-state index contributed by atoms with van der Waals surface area (Å²) in [6.45, 7) is 0.340. The van der Waals surface area contributed by atoms with Gasteiger partial charge in [-0.3, -0.25) is 14.9 Å². The second-order valence-electron chi connectivity index (χ2n) is 4.63. The van der Waals surface area contributed by atoms with Gasteiger partial charge in [0, 0.05) is 19.0 Å². The van der Waals surface area contributed by atoms with Crippen LogP contribution in [0.1, 0.15) is 19.3 Å². The highest BCUT2D eigenvalue weighted by atomic mass is 16.6. The van der Waals surface area contributed by atoms with E-state index in [-0.39, 0.29) is 23.8 Å². The van der Waals surface area contributed by atoms with Gasteiger partial charge in [0.25, 0.3) is 0 Å². The fourth-order valence-corrected chi connectivity index (χ4v) is 1.86. The predicted octanol–water partition coefficient (Wildman–Crippen LogP) is 1.68. The van der Waals surface area contributed by atoms with Crippen LogP contribution in [0.25, 0.3) is 0 Å². The number of hydrogen-bond acceptors (Lipinski definition) is 5. The zero-order chi connectivity index (χ0) is 14.5. The van der Waals surface area contributed by atoms with Crippen LogP contribution in [-0.2, 0) is 4.79 Å². The summed E-state index contributed by atoms with van der Waals surface area (Å²) in [6.07, 6.45) is 2.37. The van der Waals surface area contributed by atoms with Crippen LogP contribution in [0.2, 0.25) is 0 Å². The van der Waals surface area contributed by atoms with Gasteiger partial charge >= 0.3 is 5.69 Å². The summed E-state index contributed by atoms with van der Waals surface area (Å²) >= 11 is 0. The van der Waals surface area contributed by atoms with Crippen LogP contribution in [0.15, 0.2) is 18.2 Å². The minimum atomic E-state index is -0.495. The highest BCUT2D eigenvalue weighted by Gasteiger charge is 2.23. The third-order valence-corrected chi connectivity index (χ3v) is 3.01. The number of carbonyl (C=O) groups excluding carboxylic acids is 1. The highest BCUT2D eigenvalue weighted by molar-refractivity contribution is 5.77. The Morgan fingerprint density at radius 3 is 2.85 bits per heavy atom. The van der Waals surface area contributed by atoms with Crippen molar-refractivity contribution in [3.05, 3.63) is 28.3 Å². The Kier molecular flexibility index (Phi) is 4.39. The van der Waals surface area contributed by atoms with Gasteiger partial charge in [0.2, 0.25) is 5.91 Å². The average Bonchev–Trinajstić information content (AvgIpc) is 3.21. The van der Waals surface area contributed by atoms with Crippen LogP contribution in [-0.4, -0.2) is 30.5 Å². The summed E-state index contributed by atoms with van der Waals surface area (Å²) in [7, 11) is 1.38. The number of amides is 1. The first-order valence-electron chi connectivity index (χ1n) is 6.46. The molecule has 0 spiro atoms. The fourth-order valence-electron chi connectivity index (χ4n) is 1.86. The molecule has 0 aliphatic heterocycles. The number of nitrogens with zero attached hydrogens (tertiary/aromatic N) is 1. The van der Waals surface area contributed by atoms with Crippen molar-refractivity contribution in [1.29, 1.82) is 0 Å². The first-order chi connectivity index (χ1) is 9.61. The fraction of sp³-hybridized carbons (Fsp3) is 0.462. The zero-order valence-electron chi connectivity index (χ0n) is 11.2. The lowest BCUT2D eigenvalue weighted by Gasteiger charge is -2.09. The van der Waals surface area contributed by atoms with Crippen molar-refractivity contribution >= 4 is 17.3 Å². The number of ether oxygens (including phenoxy) is 1. The van der Waals surface area contributed by atoms with E-state index in [0.29, 0.717) is 18.3 Å². The Morgan fingerprint density at radius 1 is 1.50 bits per heavy atom. The molecule has 0 radical (unpaired) electrons. The van der Waals surface area contributed by atoms with Crippen molar-refractivity contribution < 1.29 is 14.5 Å². The number of nitrogens with one attached hydrogen (secondary N) is 2. The van der Waals surface area contributed by atoms with Gasteiger partial charge < -0.3 is 15.4 Å². The van der Waals surface area contributed by atoms with E-state index >= 15 is 0 Å². The van der Waals surface area contributed by atoms with E-state index in [0.717, 1.165) is 12.8 Å². The summed E-state index contributed by atoms with van der Waals surface area (Å²) in [6, 6.07) is 5.12. The number of methoxy groups -OCH3 is 1. The number of nitro benzene ring substituents is 1. The molecule has 20 heavy (non-hydrogen) atoms. The van der Waals surface area contributed by atoms with Gasteiger partial charge in [-0.25, -0.2) is 0 Å². The Bertz CT molecular complexity index is 514. The molecule has 0 atom stereocenters. The molecule has 7 nitrogen and oxygen atoms in total. The molecule has 7 heteroatoms. The van der Waals surface area contributed by atoms with Crippen molar-refractivity contribution in [3.8, 4) is 5.75 Å². The van der Waals surface area contributed by atoms with Gasteiger partial charge in [-0.15, -0.1) is 0 Å². The van der Waals surface area contributed by atoms with E-state index in [4.69, 9.17) is 4.74 Å². The molecule has 2 rings (SSSR count). The topological polar surface area (TPSA) is 93.5 Å². The van der Waals surface area contributed by atoms with Gasteiger partial charge in [0.1, 0.15) is 5.69 Å². The third-order valence-electron chi connectivity index (χ3n) is 3.01. The molecule has 0 bridgehead atoms. The molecule has 1 aliphatic rings. The summed E-state index contributed by atoms with van der Waals surface area (Å²) in [5.74, 6) is 0.160. The maximum Gasteiger partial charge on any atom is 0.333 e. The van der Waals surface area contributed by atoms with E-state index in [9.17, 15) is 14.9 Å². The number of nitro groups is 1. The van der Waals surface area contributed by atoms with Crippen LogP contribution in [0.5, 0.6) is 5.75 Å². The SMILES string of the molecule is COc1cccc(NCCC(=O)NC2CC2)c1[N+](=O)[O-]. The molecule has 0 unspecified atom stereocenters. The number of carbonyl (C=O) groups is 1. The zero-order valence-corrected chi connectivity index (χ0v) is 11.2. The summed E-state index contributed by atoms with van der Waals surface area (Å²) in [4.78, 5) is 22.1. The van der Waals surface area contributed by atoms with Crippen molar-refractivity contribution in [2.75, 3.05) is 19.0 Å². The lowest BCUT2D eigenvalue weighted by molar-refractivity contribution is -0.384. The Morgan fingerprint density at radius 2 is 2.25 bits per heavy atom. The molecule has 0 aromatic heterocycles. The Hall–Kier alpha value is -2.31. The largest absolute Gasteiger partial charge is 0.490 e. The number of hydrogen-bond donors (Lipinski definition) is 2. The lowest BCUT2D eigenvalue weighted by atomic mass is 10.2. The van der Waals surface area contributed by atoms with Crippen molar-refractivity contribution in [3.63, 3.8) is 0 Å². The smallest absolute Gasteiger partial charge is 0.333 e.